The molecule has 4 rings (SSSR count). The molecule has 3 aromatic rings. The van der Waals surface area contributed by atoms with E-state index in [1.165, 1.54) is 0 Å². The third-order valence-corrected chi connectivity index (χ3v) is 5.82. The molecule has 2 N–H and O–H groups in total. The molecule has 1 saturated heterocycles. The van der Waals surface area contributed by atoms with E-state index in [1.807, 2.05) is 36.4 Å². The van der Waals surface area contributed by atoms with Gasteiger partial charge in [0.1, 0.15) is 5.82 Å². The van der Waals surface area contributed by atoms with Gasteiger partial charge in [0.05, 0.1) is 22.3 Å². The highest BCUT2D eigenvalue weighted by atomic mass is 16.1. The first kappa shape index (κ1) is 21.1. The van der Waals surface area contributed by atoms with Gasteiger partial charge in [-0.2, -0.15) is 0 Å². The molecule has 2 heterocycles. The van der Waals surface area contributed by atoms with Crippen molar-refractivity contribution in [2.24, 2.45) is 0 Å². The van der Waals surface area contributed by atoms with Crippen molar-refractivity contribution in [3.05, 3.63) is 64.7 Å². The number of nitrogens with zero attached hydrogens (tertiary/aromatic N) is 3. The topological polar surface area (TPSA) is 81.3 Å². The van der Waals surface area contributed by atoms with Gasteiger partial charge in [0, 0.05) is 39.0 Å². The van der Waals surface area contributed by atoms with Gasteiger partial charge in [0.2, 0.25) is 5.91 Å². The first-order chi connectivity index (χ1) is 15.1. The molecule has 0 saturated carbocycles. The summed E-state index contributed by atoms with van der Waals surface area (Å²) in [6, 6.07) is 15.3. The van der Waals surface area contributed by atoms with Crippen molar-refractivity contribution < 1.29 is 4.79 Å². The van der Waals surface area contributed by atoms with E-state index in [1.54, 1.807) is 6.07 Å². The Labute approximate surface area is 182 Å². The molecule has 1 aliphatic rings. The molecule has 1 amide bonds. The van der Waals surface area contributed by atoms with Gasteiger partial charge in [-0.15, -0.1) is 0 Å². The number of amides is 1. The third-order valence-electron chi connectivity index (χ3n) is 5.82. The van der Waals surface area contributed by atoms with Crippen molar-refractivity contribution in [1.82, 2.24) is 14.9 Å². The Morgan fingerprint density at radius 3 is 2.61 bits per heavy atom. The molecular formula is C24H29N5O2. The van der Waals surface area contributed by atoms with Crippen LogP contribution >= 0.6 is 0 Å². The summed E-state index contributed by atoms with van der Waals surface area (Å²) in [5.41, 5.74) is 2.48. The second-order valence-electron chi connectivity index (χ2n) is 7.87. The Balaban J connectivity index is 1.34. The molecule has 0 unspecified atom stereocenters. The van der Waals surface area contributed by atoms with E-state index < -0.39 is 0 Å². The zero-order valence-electron chi connectivity index (χ0n) is 17.9. The van der Waals surface area contributed by atoms with Gasteiger partial charge in [-0.05, 0) is 37.2 Å². The predicted octanol–water partition coefficient (Wildman–Crippen LogP) is 3.03. The smallest absolute Gasteiger partial charge is 0.258 e. The van der Waals surface area contributed by atoms with E-state index in [0.29, 0.717) is 36.0 Å². The summed E-state index contributed by atoms with van der Waals surface area (Å²) in [7, 11) is 0. The van der Waals surface area contributed by atoms with Crippen LogP contribution in [-0.2, 0) is 11.2 Å². The summed E-state index contributed by atoms with van der Waals surface area (Å²) in [6.07, 6.45) is 1.53. The van der Waals surface area contributed by atoms with E-state index in [2.05, 4.69) is 38.1 Å². The van der Waals surface area contributed by atoms with Gasteiger partial charge < -0.3 is 20.1 Å². The lowest BCUT2D eigenvalue weighted by Crippen LogP contribution is -2.46. The zero-order chi connectivity index (χ0) is 21.6. The fraction of sp³-hybridized carbons (Fsp3) is 0.375. The number of hydrogen-bond acceptors (Lipinski definition) is 5. The summed E-state index contributed by atoms with van der Waals surface area (Å²) in [5, 5.41) is 3.66. The van der Waals surface area contributed by atoms with Crippen molar-refractivity contribution in [3.63, 3.8) is 0 Å². The number of piperazine rings is 1. The monoisotopic (exact) mass is 419 g/mol. The van der Waals surface area contributed by atoms with Gasteiger partial charge >= 0.3 is 0 Å². The summed E-state index contributed by atoms with van der Waals surface area (Å²) in [5.74, 6) is 0.591. The number of fused-ring (bicyclic) bond motifs is 1. The first-order valence-corrected chi connectivity index (χ1v) is 11.0. The molecule has 1 fully saturated rings. The molecule has 162 valence electrons. The highest BCUT2D eigenvalue weighted by Gasteiger charge is 2.18. The molecule has 7 heteroatoms. The van der Waals surface area contributed by atoms with Crippen LogP contribution in [0.2, 0.25) is 0 Å². The number of likely N-dealkylation sites (N-methyl/N-ethyl adjacent to an activating group) is 1. The predicted molar refractivity (Wildman–Crippen MR) is 125 cm³/mol. The molecule has 31 heavy (non-hydrogen) atoms. The van der Waals surface area contributed by atoms with Crippen LogP contribution in [0.5, 0.6) is 0 Å². The first-order valence-electron chi connectivity index (χ1n) is 11.0. The van der Waals surface area contributed by atoms with Crippen LogP contribution < -0.4 is 15.8 Å². The quantitative estimate of drug-likeness (QED) is 0.615. The summed E-state index contributed by atoms with van der Waals surface area (Å²) in [6.45, 7) is 7.26. The normalized spacial score (nSPS) is 14.7. The zero-order valence-corrected chi connectivity index (χ0v) is 17.9. The van der Waals surface area contributed by atoms with E-state index in [9.17, 15) is 9.59 Å². The lowest BCUT2D eigenvalue weighted by atomic mass is 10.2. The second-order valence-corrected chi connectivity index (χ2v) is 7.87. The van der Waals surface area contributed by atoms with E-state index >= 15 is 0 Å². The third kappa shape index (κ3) is 5.11. The van der Waals surface area contributed by atoms with Crippen LogP contribution in [0.1, 0.15) is 25.6 Å². The molecule has 2 aromatic carbocycles. The number of carbonyl (C=O) groups is 1. The van der Waals surface area contributed by atoms with Crippen molar-refractivity contribution in [3.8, 4) is 0 Å². The van der Waals surface area contributed by atoms with Crippen molar-refractivity contribution >= 4 is 28.2 Å². The van der Waals surface area contributed by atoms with Crippen LogP contribution in [0.3, 0.4) is 0 Å². The van der Waals surface area contributed by atoms with Crippen LogP contribution in [0, 0.1) is 0 Å². The highest BCUT2D eigenvalue weighted by molar-refractivity contribution is 5.94. The standard InChI is InChI=1S/C24H29N5O2/c1-2-28-14-16-29(17-15-28)21-11-6-5-10-20(21)26-23(30)13-7-12-22-25-19-9-4-3-8-18(19)24(31)27-22/h3-6,8-11H,2,7,12-17H2,1H3,(H,26,30)(H,25,27,31). The number of nitrogens with one attached hydrogen (secondary N) is 2. The number of carbonyl (C=O) groups excluding carboxylic acids is 1. The maximum absolute atomic E-state index is 12.6. The van der Waals surface area contributed by atoms with Crippen LogP contribution in [0.4, 0.5) is 11.4 Å². The molecule has 0 aliphatic carbocycles. The Hall–Kier alpha value is -3.19. The maximum atomic E-state index is 12.6. The number of aromatic nitrogens is 2. The maximum Gasteiger partial charge on any atom is 0.258 e. The van der Waals surface area contributed by atoms with Gasteiger partial charge in [-0.25, -0.2) is 4.98 Å². The van der Waals surface area contributed by atoms with E-state index in [0.717, 1.165) is 44.1 Å². The van der Waals surface area contributed by atoms with Crippen molar-refractivity contribution in [2.45, 2.75) is 26.2 Å². The Kier molecular flexibility index (Phi) is 6.62. The van der Waals surface area contributed by atoms with E-state index in [-0.39, 0.29) is 11.5 Å². The number of benzene rings is 2. The average molecular weight is 420 g/mol. The fourth-order valence-corrected chi connectivity index (χ4v) is 4.04. The summed E-state index contributed by atoms with van der Waals surface area (Å²) in [4.78, 5) is 36.9. The lowest BCUT2D eigenvalue weighted by Gasteiger charge is -2.36. The number of para-hydroxylation sites is 3. The Bertz CT molecular complexity index is 1100. The van der Waals surface area contributed by atoms with Gasteiger partial charge in [-0.3, -0.25) is 9.59 Å². The van der Waals surface area contributed by atoms with Crippen LogP contribution in [-0.4, -0.2) is 53.5 Å². The molecular weight excluding hydrogens is 390 g/mol. The number of H-pyrrole nitrogens is 1. The minimum Gasteiger partial charge on any atom is -0.367 e. The summed E-state index contributed by atoms with van der Waals surface area (Å²) >= 11 is 0. The Morgan fingerprint density at radius 1 is 1.06 bits per heavy atom. The number of aromatic amines is 1. The summed E-state index contributed by atoms with van der Waals surface area (Å²) < 4.78 is 0. The SMILES string of the molecule is CCN1CCN(c2ccccc2NC(=O)CCCc2nc3ccccc3c(=O)[nH]2)CC1. The molecule has 0 atom stereocenters. The van der Waals surface area contributed by atoms with Crippen LogP contribution in [0.15, 0.2) is 53.3 Å². The molecule has 0 radical (unpaired) electrons. The van der Waals surface area contributed by atoms with E-state index in [4.69, 9.17) is 0 Å². The Morgan fingerprint density at radius 2 is 1.81 bits per heavy atom. The fourth-order valence-electron chi connectivity index (χ4n) is 4.04. The number of anilines is 2. The van der Waals surface area contributed by atoms with Crippen molar-refractivity contribution in [2.75, 3.05) is 42.9 Å². The average Bonchev–Trinajstić information content (AvgIpc) is 2.80. The molecule has 0 bridgehead atoms. The molecule has 0 spiro atoms. The van der Waals surface area contributed by atoms with Gasteiger partial charge in [0.25, 0.3) is 5.56 Å². The number of hydrogen-bond donors (Lipinski definition) is 2. The lowest BCUT2D eigenvalue weighted by molar-refractivity contribution is -0.116. The molecule has 1 aliphatic heterocycles. The second kappa shape index (κ2) is 9.75. The highest BCUT2D eigenvalue weighted by Crippen LogP contribution is 2.27. The largest absolute Gasteiger partial charge is 0.367 e. The number of rotatable bonds is 7. The van der Waals surface area contributed by atoms with Gasteiger partial charge in [0.15, 0.2) is 0 Å². The molecule has 7 nitrogen and oxygen atoms in total. The minimum absolute atomic E-state index is 0.0252. The molecule has 1 aromatic heterocycles. The van der Waals surface area contributed by atoms with Gasteiger partial charge in [-0.1, -0.05) is 31.2 Å². The minimum atomic E-state index is -0.137. The van der Waals surface area contributed by atoms with Crippen molar-refractivity contribution in [1.29, 1.82) is 0 Å². The number of aryl methyl sites for hydroxylation is 1. The van der Waals surface area contributed by atoms with Crippen LogP contribution in [0.25, 0.3) is 10.9 Å².